The van der Waals surface area contributed by atoms with E-state index < -0.39 is 9.84 Å². The van der Waals surface area contributed by atoms with Crippen LogP contribution in [0.5, 0.6) is 0 Å². The molecule has 0 amide bonds. The third kappa shape index (κ3) is 4.54. The highest BCUT2D eigenvalue weighted by Gasteiger charge is 2.42. The lowest BCUT2D eigenvalue weighted by atomic mass is 9.61. The zero-order valence-electron chi connectivity index (χ0n) is 12.3. The maximum Gasteiger partial charge on any atom is 0.147 e. The van der Waals surface area contributed by atoms with Gasteiger partial charge >= 0.3 is 0 Å². The van der Waals surface area contributed by atoms with Gasteiger partial charge in [0.2, 0.25) is 0 Å². The molecular formula is C14H29NO2S. The van der Waals surface area contributed by atoms with Crippen molar-refractivity contribution >= 4 is 9.84 Å². The normalized spacial score (nSPS) is 30.4. The fraction of sp³-hybridized carbons (Fsp3) is 1.00. The number of hydrogen-bond acceptors (Lipinski definition) is 3. The molecule has 1 saturated carbocycles. The van der Waals surface area contributed by atoms with E-state index in [4.69, 9.17) is 5.73 Å². The van der Waals surface area contributed by atoms with E-state index in [2.05, 4.69) is 20.8 Å². The van der Waals surface area contributed by atoms with Gasteiger partial charge in [-0.1, -0.05) is 33.6 Å². The molecule has 1 aliphatic carbocycles. The molecule has 18 heavy (non-hydrogen) atoms. The fourth-order valence-corrected chi connectivity index (χ4v) is 4.19. The largest absolute Gasteiger partial charge is 0.325 e. The summed E-state index contributed by atoms with van der Waals surface area (Å²) in [7, 11) is -2.86. The van der Waals surface area contributed by atoms with Crippen LogP contribution in [0.4, 0.5) is 0 Å². The molecule has 2 atom stereocenters. The summed E-state index contributed by atoms with van der Waals surface area (Å²) >= 11 is 0. The Morgan fingerprint density at radius 1 is 1.28 bits per heavy atom. The Morgan fingerprint density at radius 3 is 2.39 bits per heavy atom. The van der Waals surface area contributed by atoms with Crippen molar-refractivity contribution in [2.75, 3.05) is 12.0 Å². The van der Waals surface area contributed by atoms with Crippen molar-refractivity contribution in [3.8, 4) is 0 Å². The van der Waals surface area contributed by atoms with Crippen LogP contribution in [0.1, 0.15) is 59.3 Å². The van der Waals surface area contributed by atoms with E-state index in [0.717, 1.165) is 12.8 Å². The molecule has 2 unspecified atom stereocenters. The first-order chi connectivity index (χ1) is 8.05. The predicted octanol–water partition coefficient (Wildman–Crippen LogP) is 2.75. The second kappa shape index (κ2) is 5.49. The smallest absolute Gasteiger partial charge is 0.147 e. The SMILES string of the molecule is CC(C)(C)C1CCCCC1(N)CCCS(C)(=O)=O. The molecule has 1 rings (SSSR count). The van der Waals surface area contributed by atoms with Gasteiger partial charge in [0.25, 0.3) is 0 Å². The number of nitrogens with two attached hydrogens (primary N) is 1. The minimum absolute atomic E-state index is 0.165. The second-order valence-electron chi connectivity index (χ2n) is 7.13. The average Bonchev–Trinajstić information content (AvgIpc) is 2.13. The van der Waals surface area contributed by atoms with Crippen LogP contribution in [0.15, 0.2) is 0 Å². The molecule has 0 radical (unpaired) electrons. The first kappa shape index (κ1) is 16.0. The maximum atomic E-state index is 11.2. The first-order valence-electron chi connectivity index (χ1n) is 7.01. The highest BCUT2D eigenvalue weighted by atomic mass is 32.2. The zero-order valence-corrected chi connectivity index (χ0v) is 13.1. The Labute approximate surface area is 112 Å². The molecule has 0 aromatic carbocycles. The molecule has 0 spiro atoms. The molecule has 1 fully saturated rings. The summed E-state index contributed by atoms with van der Waals surface area (Å²) in [5.41, 5.74) is 6.67. The topological polar surface area (TPSA) is 60.2 Å². The van der Waals surface area contributed by atoms with E-state index in [1.54, 1.807) is 0 Å². The van der Waals surface area contributed by atoms with Crippen molar-refractivity contribution in [2.45, 2.75) is 64.8 Å². The molecule has 4 heteroatoms. The van der Waals surface area contributed by atoms with Crippen LogP contribution in [0, 0.1) is 11.3 Å². The highest BCUT2D eigenvalue weighted by molar-refractivity contribution is 7.90. The Kier molecular flexibility index (Phi) is 4.87. The molecule has 0 aliphatic heterocycles. The lowest BCUT2D eigenvalue weighted by molar-refractivity contribution is 0.0726. The quantitative estimate of drug-likeness (QED) is 0.858. The second-order valence-corrected chi connectivity index (χ2v) is 9.39. The van der Waals surface area contributed by atoms with Crippen molar-refractivity contribution in [1.82, 2.24) is 0 Å². The molecule has 0 aromatic heterocycles. The average molecular weight is 275 g/mol. The standard InChI is InChI=1S/C14H29NO2S/c1-13(2,3)12-8-5-6-9-14(12,15)10-7-11-18(4,16)17/h12H,5-11,15H2,1-4H3. The third-order valence-electron chi connectivity index (χ3n) is 4.28. The summed E-state index contributed by atoms with van der Waals surface area (Å²) in [5, 5.41) is 0. The molecule has 0 bridgehead atoms. The zero-order chi connectivity index (χ0) is 14.0. The van der Waals surface area contributed by atoms with Crippen LogP contribution in [0.2, 0.25) is 0 Å². The van der Waals surface area contributed by atoms with Gasteiger partial charge in [0.15, 0.2) is 0 Å². The number of sulfone groups is 1. The Bertz CT molecular complexity index is 370. The van der Waals surface area contributed by atoms with Gasteiger partial charge in [0.1, 0.15) is 9.84 Å². The van der Waals surface area contributed by atoms with Gasteiger partial charge in [-0.2, -0.15) is 0 Å². The van der Waals surface area contributed by atoms with Gasteiger partial charge in [-0.3, -0.25) is 0 Å². The van der Waals surface area contributed by atoms with Crippen molar-refractivity contribution in [3.63, 3.8) is 0 Å². The van der Waals surface area contributed by atoms with Crippen molar-refractivity contribution in [1.29, 1.82) is 0 Å². The highest BCUT2D eigenvalue weighted by Crippen LogP contribution is 2.45. The van der Waals surface area contributed by atoms with Gasteiger partial charge in [0.05, 0.1) is 0 Å². The third-order valence-corrected chi connectivity index (χ3v) is 5.31. The van der Waals surface area contributed by atoms with E-state index in [9.17, 15) is 8.42 Å². The van der Waals surface area contributed by atoms with E-state index in [1.165, 1.54) is 25.5 Å². The summed E-state index contributed by atoms with van der Waals surface area (Å²) in [4.78, 5) is 0. The van der Waals surface area contributed by atoms with Gasteiger partial charge in [-0.25, -0.2) is 8.42 Å². The summed E-state index contributed by atoms with van der Waals surface area (Å²) in [6.45, 7) is 6.75. The summed E-state index contributed by atoms with van der Waals surface area (Å²) in [6, 6.07) is 0. The van der Waals surface area contributed by atoms with E-state index >= 15 is 0 Å². The van der Waals surface area contributed by atoms with Crippen LogP contribution < -0.4 is 5.73 Å². The van der Waals surface area contributed by atoms with Crippen molar-refractivity contribution in [2.24, 2.45) is 17.1 Å². The van der Waals surface area contributed by atoms with E-state index in [0.29, 0.717) is 12.3 Å². The van der Waals surface area contributed by atoms with Crippen molar-refractivity contribution < 1.29 is 8.42 Å². The molecule has 3 nitrogen and oxygen atoms in total. The van der Waals surface area contributed by atoms with Gasteiger partial charge in [0, 0.05) is 17.5 Å². The predicted molar refractivity (Wildman–Crippen MR) is 77.3 cm³/mol. The fourth-order valence-electron chi connectivity index (χ4n) is 3.52. The van der Waals surface area contributed by atoms with Crippen LogP contribution in [0.25, 0.3) is 0 Å². The van der Waals surface area contributed by atoms with Crippen LogP contribution >= 0.6 is 0 Å². The Hall–Kier alpha value is -0.0900. The Balaban J connectivity index is 2.68. The van der Waals surface area contributed by atoms with E-state index in [-0.39, 0.29) is 16.7 Å². The molecular weight excluding hydrogens is 246 g/mol. The Morgan fingerprint density at radius 2 is 1.89 bits per heavy atom. The van der Waals surface area contributed by atoms with Gasteiger partial charge in [-0.15, -0.1) is 0 Å². The lowest BCUT2D eigenvalue weighted by Crippen LogP contribution is -2.53. The minimum Gasteiger partial charge on any atom is -0.325 e. The number of rotatable bonds is 4. The minimum atomic E-state index is -2.86. The lowest BCUT2D eigenvalue weighted by Gasteiger charge is -2.48. The van der Waals surface area contributed by atoms with E-state index in [1.807, 2.05) is 0 Å². The van der Waals surface area contributed by atoms with Gasteiger partial charge in [-0.05, 0) is 37.0 Å². The number of hydrogen-bond donors (Lipinski definition) is 1. The van der Waals surface area contributed by atoms with Crippen LogP contribution in [-0.2, 0) is 9.84 Å². The molecule has 108 valence electrons. The van der Waals surface area contributed by atoms with Crippen molar-refractivity contribution in [3.05, 3.63) is 0 Å². The summed E-state index contributed by atoms with van der Waals surface area (Å²) in [6.07, 6.45) is 7.49. The molecule has 0 saturated heterocycles. The monoisotopic (exact) mass is 275 g/mol. The molecule has 0 heterocycles. The molecule has 1 aliphatic rings. The van der Waals surface area contributed by atoms with Crippen LogP contribution in [0.3, 0.4) is 0 Å². The van der Waals surface area contributed by atoms with Gasteiger partial charge < -0.3 is 5.73 Å². The summed E-state index contributed by atoms with van der Waals surface area (Å²) in [5.74, 6) is 0.765. The molecule has 0 aromatic rings. The summed E-state index contributed by atoms with van der Waals surface area (Å²) < 4.78 is 22.4. The first-order valence-corrected chi connectivity index (χ1v) is 9.07. The molecule has 2 N–H and O–H groups in total. The van der Waals surface area contributed by atoms with Crippen LogP contribution in [-0.4, -0.2) is 26.0 Å². The maximum absolute atomic E-state index is 11.2.